The van der Waals surface area contributed by atoms with Crippen LogP contribution >= 0.6 is 15.9 Å². The van der Waals surface area contributed by atoms with E-state index in [2.05, 4.69) is 35.8 Å². The van der Waals surface area contributed by atoms with Gasteiger partial charge in [0.25, 0.3) is 0 Å². The minimum absolute atomic E-state index is 0.362. The molecule has 0 heterocycles. The molecule has 112 valence electrons. The highest BCUT2D eigenvalue weighted by atomic mass is 79.9. The van der Waals surface area contributed by atoms with Gasteiger partial charge in [-0.25, -0.2) is 0 Å². The fourth-order valence-electron chi connectivity index (χ4n) is 2.25. The summed E-state index contributed by atoms with van der Waals surface area (Å²) in [7, 11) is 0. The van der Waals surface area contributed by atoms with Crippen molar-refractivity contribution in [2.24, 2.45) is 0 Å². The molecule has 0 fully saturated rings. The van der Waals surface area contributed by atoms with Gasteiger partial charge in [0.15, 0.2) is 0 Å². The van der Waals surface area contributed by atoms with Crippen molar-refractivity contribution < 1.29 is 9.84 Å². The molecule has 1 N–H and O–H groups in total. The molecule has 0 saturated carbocycles. The normalized spacial score (nSPS) is 12.5. The zero-order valence-corrected chi connectivity index (χ0v) is 14.2. The van der Waals surface area contributed by atoms with Crippen LogP contribution < -0.4 is 4.74 Å². The summed E-state index contributed by atoms with van der Waals surface area (Å²) in [5, 5.41) is 10.1. The Kier molecular flexibility index (Phi) is 5.43. The number of hydrogen-bond acceptors (Lipinski definition) is 2. The molecule has 0 aromatic heterocycles. The summed E-state index contributed by atoms with van der Waals surface area (Å²) in [5.74, 6) is 1.92. The Hall–Kier alpha value is -1.32. The third-order valence-electron chi connectivity index (χ3n) is 3.48. The highest BCUT2D eigenvalue weighted by molar-refractivity contribution is 9.10. The quantitative estimate of drug-likeness (QED) is 0.738. The van der Waals surface area contributed by atoms with Gasteiger partial charge >= 0.3 is 0 Å². The number of ether oxygens (including phenoxy) is 1. The van der Waals surface area contributed by atoms with Crippen molar-refractivity contribution in [2.75, 3.05) is 0 Å². The van der Waals surface area contributed by atoms with E-state index in [9.17, 15) is 5.11 Å². The number of aliphatic hydroxyl groups is 1. The lowest BCUT2D eigenvalue weighted by atomic mass is 10.0. The molecule has 2 aromatic carbocycles. The summed E-state index contributed by atoms with van der Waals surface area (Å²) >= 11 is 3.50. The minimum Gasteiger partial charge on any atom is -0.457 e. The maximum Gasteiger partial charge on any atom is 0.133 e. The standard InChI is InChI=1S/C18H21BrO2/c1-4-16(20)14-7-5-6-8-17(14)21-18-10-9-13(19)11-15(18)12(2)3/h5-12,16,20H,4H2,1-3H3. The topological polar surface area (TPSA) is 29.5 Å². The van der Waals surface area contributed by atoms with E-state index >= 15 is 0 Å². The van der Waals surface area contributed by atoms with Crippen LogP contribution in [0.5, 0.6) is 11.5 Å². The highest BCUT2D eigenvalue weighted by Gasteiger charge is 2.14. The van der Waals surface area contributed by atoms with Gasteiger partial charge in [0, 0.05) is 10.0 Å². The predicted molar refractivity (Wildman–Crippen MR) is 90.0 cm³/mol. The van der Waals surface area contributed by atoms with Gasteiger partial charge in [0.1, 0.15) is 11.5 Å². The Morgan fingerprint density at radius 3 is 2.38 bits per heavy atom. The number of halogens is 1. The molecule has 0 amide bonds. The number of rotatable bonds is 5. The van der Waals surface area contributed by atoms with E-state index in [4.69, 9.17) is 4.74 Å². The molecular weight excluding hydrogens is 328 g/mol. The molecule has 2 nitrogen and oxygen atoms in total. The lowest BCUT2D eigenvalue weighted by Crippen LogP contribution is -2.00. The first-order chi connectivity index (χ1) is 10.0. The van der Waals surface area contributed by atoms with Crippen LogP contribution in [0.2, 0.25) is 0 Å². The van der Waals surface area contributed by atoms with Crippen molar-refractivity contribution in [3.63, 3.8) is 0 Å². The zero-order valence-electron chi connectivity index (χ0n) is 12.6. The minimum atomic E-state index is -0.501. The van der Waals surface area contributed by atoms with Crippen LogP contribution in [0.3, 0.4) is 0 Å². The van der Waals surface area contributed by atoms with Crippen molar-refractivity contribution in [3.05, 3.63) is 58.1 Å². The molecule has 3 heteroatoms. The van der Waals surface area contributed by atoms with Gasteiger partial charge in [-0.2, -0.15) is 0 Å². The maximum atomic E-state index is 10.1. The van der Waals surface area contributed by atoms with Gasteiger partial charge in [-0.15, -0.1) is 0 Å². The number of aliphatic hydroxyl groups excluding tert-OH is 1. The van der Waals surface area contributed by atoms with Crippen molar-refractivity contribution in [1.29, 1.82) is 0 Å². The van der Waals surface area contributed by atoms with Gasteiger partial charge in [0.2, 0.25) is 0 Å². The predicted octanol–water partition coefficient (Wildman–Crippen LogP) is 5.81. The molecule has 2 rings (SSSR count). The molecule has 0 spiro atoms. The van der Waals surface area contributed by atoms with E-state index < -0.39 is 6.10 Å². The molecule has 0 saturated heterocycles. The summed E-state index contributed by atoms with van der Waals surface area (Å²) in [6.07, 6.45) is 0.164. The fraction of sp³-hybridized carbons (Fsp3) is 0.333. The Balaban J connectivity index is 2.39. The fourth-order valence-corrected chi connectivity index (χ4v) is 2.63. The van der Waals surface area contributed by atoms with Crippen molar-refractivity contribution in [1.82, 2.24) is 0 Å². The smallest absolute Gasteiger partial charge is 0.133 e. The van der Waals surface area contributed by atoms with Gasteiger partial charge in [-0.3, -0.25) is 0 Å². The third kappa shape index (κ3) is 3.86. The maximum absolute atomic E-state index is 10.1. The van der Waals surface area contributed by atoms with Crippen LogP contribution in [0.15, 0.2) is 46.9 Å². The Labute approximate surface area is 134 Å². The Morgan fingerprint density at radius 1 is 1.05 bits per heavy atom. The second-order valence-electron chi connectivity index (χ2n) is 5.40. The highest BCUT2D eigenvalue weighted by Crippen LogP contribution is 2.36. The first kappa shape index (κ1) is 16.1. The average Bonchev–Trinajstić information content (AvgIpc) is 2.48. The molecule has 0 radical (unpaired) electrons. The van der Waals surface area contributed by atoms with Gasteiger partial charge in [-0.1, -0.05) is 54.9 Å². The molecule has 0 aliphatic carbocycles. The Bertz CT molecular complexity index is 608. The first-order valence-electron chi connectivity index (χ1n) is 7.27. The van der Waals surface area contributed by atoms with Crippen LogP contribution in [0.25, 0.3) is 0 Å². The third-order valence-corrected chi connectivity index (χ3v) is 3.97. The van der Waals surface area contributed by atoms with Gasteiger partial charge in [0.05, 0.1) is 6.10 Å². The summed E-state index contributed by atoms with van der Waals surface area (Å²) in [6.45, 7) is 6.24. The summed E-state index contributed by atoms with van der Waals surface area (Å²) in [5.41, 5.74) is 1.97. The van der Waals surface area contributed by atoms with E-state index in [0.717, 1.165) is 27.1 Å². The number of hydrogen-bond donors (Lipinski definition) is 1. The van der Waals surface area contributed by atoms with Crippen molar-refractivity contribution in [2.45, 2.75) is 39.2 Å². The monoisotopic (exact) mass is 348 g/mol. The Morgan fingerprint density at radius 2 is 1.71 bits per heavy atom. The van der Waals surface area contributed by atoms with E-state index in [1.165, 1.54) is 0 Å². The summed E-state index contributed by atoms with van der Waals surface area (Å²) in [4.78, 5) is 0. The van der Waals surface area contributed by atoms with E-state index in [0.29, 0.717) is 12.3 Å². The lowest BCUT2D eigenvalue weighted by molar-refractivity contribution is 0.170. The zero-order chi connectivity index (χ0) is 15.4. The second-order valence-corrected chi connectivity index (χ2v) is 6.32. The SMILES string of the molecule is CCC(O)c1ccccc1Oc1ccc(Br)cc1C(C)C. The summed E-state index contributed by atoms with van der Waals surface area (Å²) in [6, 6.07) is 13.7. The largest absolute Gasteiger partial charge is 0.457 e. The molecule has 1 unspecified atom stereocenters. The van der Waals surface area contributed by atoms with Crippen LogP contribution in [-0.2, 0) is 0 Å². The van der Waals surface area contributed by atoms with E-state index in [1.54, 1.807) is 0 Å². The lowest BCUT2D eigenvalue weighted by Gasteiger charge is -2.18. The van der Waals surface area contributed by atoms with Gasteiger partial charge in [-0.05, 0) is 42.2 Å². The average molecular weight is 349 g/mol. The molecule has 0 aliphatic heterocycles. The summed E-state index contributed by atoms with van der Waals surface area (Å²) < 4.78 is 7.14. The van der Waals surface area contributed by atoms with Crippen molar-refractivity contribution >= 4 is 15.9 Å². The number of benzene rings is 2. The molecule has 0 bridgehead atoms. The number of para-hydroxylation sites is 1. The molecular formula is C18H21BrO2. The van der Waals surface area contributed by atoms with E-state index in [1.807, 2.05) is 43.3 Å². The first-order valence-corrected chi connectivity index (χ1v) is 8.06. The van der Waals surface area contributed by atoms with Crippen molar-refractivity contribution in [3.8, 4) is 11.5 Å². The van der Waals surface area contributed by atoms with Crippen LogP contribution in [-0.4, -0.2) is 5.11 Å². The molecule has 2 aromatic rings. The van der Waals surface area contributed by atoms with Crippen LogP contribution in [0, 0.1) is 0 Å². The molecule has 0 aliphatic rings. The van der Waals surface area contributed by atoms with Crippen LogP contribution in [0.4, 0.5) is 0 Å². The second kappa shape index (κ2) is 7.10. The molecule has 21 heavy (non-hydrogen) atoms. The van der Waals surface area contributed by atoms with Crippen LogP contribution in [0.1, 0.15) is 50.3 Å². The molecule has 1 atom stereocenters. The van der Waals surface area contributed by atoms with Gasteiger partial charge < -0.3 is 9.84 Å². The van der Waals surface area contributed by atoms with E-state index in [-0.39, 0.29) is 0 Å².